The molecule has 1 amide bonds. The van der Waals surface area contributed by atoms with Crippen LogP contribution >= 0.6 is 15.9 Å². The molecule has 1 atom stereocenters. The fraction of sp³-hybridized carbons (Fsp3) is 0.316. The number of unbranched alkanes of at least 4 members (excludes halogenated alkanes) is 1. The lowest BCUT2D eigenvalue weighted by Crippen LogP contribution is -2.42. The minimum Gasteiger partial charge on any atom is -0.375 e. The minimum atomic E-state index is -1.85. The third kappa shape index (κ3) is 3.24. The third-order valence-corrected chi connectivity index (χ3v) is 4.92. The van der Waals surface area contributed by atoms with Crippen molar-refractivity contribution in [2.24, 2.45) is 0 Å². The van der Waals surface area contributed by atoms with Crippen molar-refractivity contribution in [1.82, 2.24) is 4.98 Å². The zero-order valence-electron chi connectivity index (χ0n) is 13.9. The van der Waals surface area contributed by atoms with Gasteiger partial charge in [0.1, 0.15) is 0 Å². The number of benzene rings is 1. The van der Waals surface area contributed by atoms with E-state index in [1.807, 2.05) is 13.0 Å². The summed E-state index contributed by atoms with van der Waals surface area (Å²) >= 11 is 3.38. The van der Waals surface area contributed by atoms with Gasteiger partial charge in [-0.05, 0) is 36.8 Å². The van der Waals surface area contributed by atoms with Crippen LogP contribution in [0.15, 0.2) is 47.2 Å². The van der Waals surface area contributed by atoms with Gasteiger partial charge in [-0.2, -0.15) is 0 Å². The van der Waals surface area contributed by atoms with Crippen LogP contribution in [-0.2, 0) is 10.4 Å². The summed E-state index contributed by atoms with van der Waals surface area (Å²) in [6.45, 7) is 2.56. The Hall–Kier alpha value is -2.05. The highest BCUT2D eigenvalue weighted by molar-refractivity contribution is 9.10. The van der Waals surface area contributed by atoms with Crippen LogP contribution < -0.4 is 4.90 Å². The van der Waals surface area contributed by atoms with Crippen molar-refractivity contribution >= 4 is 33.3 Å². The summed E-state index contributed by atoms with van der Waals surface area (Å²) in [6.07, 6.45) is 4.48. The second-order valence-electron chi connectivity index (χ2n) is 6.17. The van der Waals surface area contributed by atoms with E-state index in [9.17, 15) is 14.7 Å². The number of fused-ring (bicyclic) bond motifs is 1. The molecular formula is C19H19BrN2O3. The van der Waals surface area contributed by atoms with Crippen molar-refractivity contribution in [2.45, 2.75) is 31.8 Å². The molecule has 6 heteroatoms. The number of Topliss-reactive ketones (excluding diaryl/α,β-unsaturated/α-hetero) is 1. The number of pyridine rings is 1. The van der Waals surface area contributed by atoms with Crippen LogP contribution in [0.2, 0.25) is 0 Å². The first-order chi connectivity index (χ1) is 12.0. The molecule has 0 saturated carbocycles. The van der Waals surface area contributed by atoms with Crippen LogP contribution in [0.3, 0.4) is 0 Å². The summed E-state index contributed by atoms with van der Waals surface area (Å²) < 4.78 is 0.753. The number of amides is 1. The van der Waals surface area contributed by atoms with Gasteiger partial charge in [0.25, 0.3) is 5.91 Å². The predicted octanol–water partition coefficient (Wildman–Crippen LogP) is 3.45. The van der Waals surface area contributed by atoms with Crippen molar-refractivity contribution in [2.75, 3.05) is 11.4 Å². The van der Waals surface area contributed by atoms with E-state index in [4.69, 9.17) is 0 Å². The molecule has 1 aliphatic heterocycles. The fourth-order valence-corrected chi connectivity index (χ4v) is 3.46. The summed E-state index contributed by atoms with van der Waals surface area (Å²) in [5.41, 5.74) is -0.324. The molecule has 3 rings (SSSR count). The maximum Gasteiger partial charge on any atom is 0.264 e. The zero-order chi connectivity index (χ0) is 18.0. The highest BCUT2D eigenvalue weighted by Gasteiger charge is 2.50. The average molecular weight is 403 g/mol. The monoisotopic (exact) mass is 402 g/mol. The molecule has 1 aliphatic rings. The number of rotatable bonds is 6. The summed E-state index contributed by atoms with van der Waals surface area (Å²) in [7, 11) is 0. The topological polar surface area (TPSA) is 70.5 Å². The number of aromatic nitrogens is 1. The number of anilines is 1. The van der Waals surface area contributed by atoms with Gasteiger partial charge in [0.05, 0.1) is 12.1 Å². The lowest BCUT2D eigenvalue weighted by Gasteiger charge is -2.22. The Morgan fingerprint density at radius 2 is 2.16 bits per heavy atom. The molecule has 2 aromatic rings. The van der Waals surface area contributed by atoms with E-state index in [2.05, 4.69) is 20.9 Å². The molecular weight excluding hydrogens is 384 g/mol. The highest BCUT2D eigenvalue weighted by Crippen LogP contribution is 2.44. The first kappa shape index (κ1) is 17.8. The fourth-order valence-electron chi connectivity index (χ4n) is 3.09. The molecule has 5 nitrogen and oxygen atoms in total. The number of carbonyl (C=O) groups excluding carboxylic acids is 2. The van der Waals surface area contributed by atoms with Crippen molar-refractivity contribution in [1.29, 1.82) is 0 Å². The number of aliphatic hydroxyl groups is 1. The molecule has 1 N–H and O–H groups in total. The van der Waals surface area contributed by atoms with Gasteiger partial charge in [0, 0.05) is 34.5 Å². The van der Waals surface area contributed by atoms with E-state index in [0.29, 0.717) is 23.4 Å². The quantitative estimate of drug-likeness (QED) is 0.751. The van der Waals surface area contributed by atoms with Crippen molar-refractivity contribution in [3.63, 3.8) is 0 Å². The molecule has 1 aromatic carbocycles. The van der Waals surface area contributed by atoms with Gasteiger partial charge in [-0.3, -0.25) is 14.6 Å². The first-order valence-corrected chi connectivity index (χ1v) is 9.04. The molecule has 0 aliphatic carbocycles. The Morgan fingerprint density at radius 1 is 1.36 bits per heavy atom. The number of carbonyl (C=O) groups is 2. The Labute approximate surface area is 154 Å². The Kier molecular flexibility index (Phi) is 5.01. The van der Waals surface area contributed by atoms with Crippen LogP contribution in [0.25, 0.3) is 0 Å². The SMILES string of the molecule is CCCCN1C(=O)C(O)(CC(=O)c2cccnc2)c2cc(Br)ccc21. The molecule has 0 saturated heterocycles. The summed E-state index contributed by atoms with van der Waals surface area (Å²) in [4.78, 5) is 31.1. The van der Waals surface area contributed by atoms with Crippen LogP contribution in [-0.4, -0.2) is 28.3 Å². The minimum absolute atomic E-state index is 0.302. The largest absolute Gasteiger partial charge is 0.375 e. The van der Waals surface area contributed by atoms with E-state index >= 15 is 0 Å². The maximum absolute atomic E-state index is 13.0. The van der Waals surface area contributed by atoms with E-state index in [1.54, 1.807) is 35.4 Å². The summed E-state index contributed by atoms with van der Waals surface area (Å²) in [5.74, 6) is -0.751. The molecule has 0 spiro atoms. The second-order valence-corrected chi connectivity index (χ2v) is 7.09. The molecule has 130 valence electrons. The van der Waals surface area contributed by atoms with Gasteiger partial charge < -0.3 is 10.0 Å². The summed E-state index contributed by atoms with van der Waals surface area (Å²) in [5, 5.41) is 11.2. The number of hydrogen-bond acceptors (Lipinski definition) is 4. The Bertz CT molecular complexity index is 810. The standard InChI is InChI=1S/C19H19BrN2O3/c1-2-3-9-22-16-7-6-14(20)10-15(16)19(25,18(22)24)11-17(23)13-5-4-8-21-12-13/h4-8,10,12,25H,2-3,9,11H2,1H3. The highest BCUT2D eigenvalue weighted by atomic mass is 79.9. The average Bonchev–Trinajstić information content (AvgIpc) is 2.81. The molecule has 25 heavy (non-hydrogen) atoms. The van der Waals surface area contributed by atoms with Gasteiger partial charge in [-0.15, -0.1) is 0 Å². The lowest BCUT2D eigenvalue weighted by atomic mass is 9.88. The van der Waals surface area contributed by atoms with Crippen molar-refractivity contribution in [3.05, 3.63) is 58.3 Å². The smallest absolute Gasteiger partial charge is 0.264 e. The summed E-state index contributed by atoms with van der Waals surface area (Å²) in [6, 6.07) is 8.65. The third-order valence-electron chi connectivity index (χ3n) is 4.43. The van der Waals surface area contributed by atoms with Gasteiger partial charge in [-0.1, -0.05) is 29.3 Å². The second kappa shape index (κ2) is 7.06. The number of ketones is 1. The van der Waals surface area contributed by atoms with Crippen molar-refractivity contribution in [3.8, 4) is 0 Å². The molecule has 0 fully saturated rings. The number of hydrogen-bond donors (Lipinski definition) is 1. The molecule has 0 bridgehead atoms. The number of halogens is 1. The van der Waals surface area contributed by atoms with Gasteiger partial charge in [0.15, 0.2) is 11.4 Å². The molecule has 1 unspecified atom stereocenters. The van der Waals surface area contributed by atoms with E-state index in [1.165, 1.54) is 6.20 Å². The van der Waals surface area contributed by atoms with E-state index in [-0.39, 0.29) is 12.2 Å². The van der Waals surface area contributed by atoms with E-state index in [0.717, 1.165) is 17.3 Å². The van der Waals surface area contributed by atoms with Crippen molar-refractivity contribution < 1.29 is 14.7 Å². The molecule has 2 heterocycles. The van der Waals surface area contributed by atoms with Crippen LogP contribution in [0.5, 0.6) is 0 Å². The maximum atomic E-state index is 13.0. The van der Waals surface area contributed by atoms with Gasteiger partial charge >= 0.3 is 0 Å². The van der Waals surface area contributed by atoms with Gasteiger partial charge in [0.2, 0.25) is 0 Å². The molecule has 0 radical (unpaired) electrons. The zero-order valence-corrected chi connectivity index (χ0v) is 15.5. The van der Waals surface area contributed by atoms with Crippen LogP contribution in [0, 0.1) is 0 Å². The van der Waals surface area contributed by atoms with Gasteiger partial charge in [-0.25, -0.2) is 0 Å². The number of nitrogens with zero attached hydrogens (tertiary/aromatic N) is 2. The molecule has 1 aromatic heterocycles. The Balaban J connectivity index is 1.98. The predicted molar refractivity (Wildman–Crippen MR) is 98.5 cm³/mol. The van der Waals surface area contributed by atoms with Crippen LogP contribution in [0.1, 0.15) is 42.1 Å². The van der Waals surface area contributed by atoms with Crippen LogP contribution in [0.4, 0.5) is 5.69 Å². The Morgan fingerprint density at radius 3 is 2.84 bits per heavy atom. The first-order valence-electron chi connectivity index (χ1n) is 8.25. The lowest BCUT2D eigenvalue weighted by molar-refractivity contribution is -0.135. The van der Waals surface area contributed by atoms with E-state index < -0.39 is 11.5 Å². The normalized spacial score (nSPS) is 19.2.